The van der Waals surface area contributed by atoms with E-state index < -0.39 is 28.5 Å². The molecule has 1 amide bonds. The average molecular weight is 338 g/mol. The molecule has 0 aliphatic carbocycles. The minimum Gasteiger partial charge on any atom is -0.348 e. The third kappa shape index (κ3) is 3.55. The molecule has 2 rings (SSSR count). The summed E-state index contributed by atoms with van der Waals surface area (Å²) in [6.45, 7) is 4.29. The molecule has 1 aromatic carbocycles. The maximum atomic E-state index is 13.7. The molecule has 1 N–H and O–H groups in total. The Morgan fingerprint density at radius 1 is 1.42 bits per heavy atom. The van der Waals surface area contributed by atoms with Gasteiger partial charge in [0.2, 0.25) is 5.91 Å². The number of nitro groups is 1. The van der Waals surface area contributed by atoms with Crippen molar-refractivity contribution in [2.45, 2.75) is 33.4 Å². The van der Waals surface area contributed by atoms with Gasteiger partial charge in [-0.1, -0.05) is 6.07 Å². The van der Waals surface area contributed by atoms with Gasteiger partial charge in [0.1, 0.15) is 29.6 Å². The lowest BCUT2D eigenvalue weighted by molar-refractivity contribution is -0.386. The van der Waals surface area contributed by atoms with E-state index in [9.17, 15) is 23.7 Å². The van der Waals surface area contributed by atoms with Crippen molar-refractivity contribution in [1.82, 2.24) is 15.1 Å². The maximum absolute atomic E-state index is 13.7. The molecule has 0 bridgehead atoms. The highest BCUT2D eigenvalue weighted by Gasteiger charge is 2.23. The molecule has 0 aliphatic heterocycles. The lowest BCUT2D eigenvalue weighted by Gasteiger charge is -2.15. The van der Waals surface area contributed by atoms with Gasteiger partial charge >= 0.3 is 5.69 Å². The van der Waals surface area contributed by atoms with Crippen molar-refractivity contribution in [1.29, 1.82) is 0 Å². The SMILES string of the molecule is Cc1nn(CC(=O)NC(C)c2ccc(F)cc2F)c(C)c1[N+](=O)[O-]. The number of hydrogen-bond acceptors (Lipinski definition) is 4. The Kier molecular flexibility index (Phi) is 4.91. The zero-order chi connectivity index (χ0) is 18.0. The number of amides is 1. The van der Waals surface area contributed by atoms with Gasteiger partial charge in [0.05, 0.1) is 11.0 Å². The zero-order valence-electron chi connectivity index (χ0n) is 13.3. The molecule has 7 nitrogen and oxygen atoms in total. The molecule has 1 atom stereocenters. The van der Waals surface area contributed by atoms with Crippen LogP contribution in [-0.4, -0.2) is 20.6 Å². The molecular weight excluding hydrogens is 322 g/mol. The molecule has 2 aromatic rings. The summed E-state index contributed by atoms with van der Waals surface area (Å²) >= 11 is 0. The quantitative estimate of drug-likeness (QED) is 0.670. The molecule has 1 aromatic heterocycles. The van der Waals surface area contributed by atoms with Crippen LogP contribution in [0.1, 0.15) is 29.9 Å². The first-order valence-electron chi connectivity index (χ1n) is 7.13. The summed E-state index contributed by atoms with van der Waals surface area (Å²) in [4.78, 5) is 22.5. The summed E-state index contributed by atoms with van der Waals surface area (Å²) in [6, 6.07) is 2.41. The van der Waals surface area contributed by atoms with E-state index in [4.69, 9.17) is 0 Å². The molecule has 0 saturated carbocycles. The van der Waals surface area contributed by atoms with Crippen LogP contribution in [0.25, 0.3) is 0 Å². The molecular formula is C15H16F2N4O3. The van der Waals surface area contributed by atoms with Gasteiger partial charge in [0, 0.05) is 11.6 Å². The van der Waals surface area contributed by atoms with Gasteiger partial charge in [0.25, 0.3) is 0 Å². The van der Waals surface area contributed by atoms with Crippen molar-refractivity contribution < 1.29 is 18.5 Å². The van der Waals surface area contributed by atoms with Crippen LogP contribution in [0.3, 0.4) is 0 Å². The molecule has 1 unspecified atom stereocenters. The lowest BCUT2D eigenvalue weighted by Crippen LogP contribution is -2.31. The Hall–Kier alpha value is -2.84. The van der Waals surface area contributed by atoms with Gasteiger partial charge in [-0.25, -0.2) is 8.78 Å². The van der Waals surface area contributed by atoms with Gasteiger partial charge in [-0.3, -0.25) is 19.6 Å². The third-order valence-electron chi connectivity index (χ3n) is 3.63. The second-order valence-corrected chi connectivity index (χ2v) is 5.39. The number of carbonyl (C=O) groups is 1. The third-order valence-corrected chi connectivity index (χ3v) is 3.63. The molecule has 0 aliphatic rings. The Morgan fingerprint density at radius 3 is 2.62 bits per heavy atom. The largest absolute Gasteiger partial charge is 0.348 e. The second-order valence-electron chi connectivity index (χ2n) is 5.39. The topological polar surface area (TPSA) is 90.1 Å². The van der Waals surface area contributed by atoms with E-state index in [1.54, 1.807) is 6.92 Å². The highest BCUT2D eigenvalue weighted by Crippen LogP contribution is 2.22. The van der Waals surface area contributed by atoms with Crippen LogP contribution in [0.15, 0.2) is 18.2 Å². The van der Waals surface area contributed by atoms with Crippen LogP contribution in [0.5, 0.6) is 0 Å². The molecule has 24 heavy (non-hydrogen) atoms. The number of benzene rings is 1. The summed E-state index contributed by atoms with van der Waals surface area (Å²) in [5.41, 5.74) is 0.473. The van der Waals surface area contributed by atoms with E-state index in [2.05, 4.69) is 10.4 Å². The van der Waals surface area contributed by atoms with Crippen LogP contribution >= 0.6 is 0 Å². The first-order valence-corrected chi connectivity index (χ1v) is 7.13. The van der Waals surface area contributed by atoms with Crippen molar-refractivity contribution in [3.63, 3.8) is 0 Å². The number of carbonyl (C=O) groups excluding carboxylic acids is 1. The number of rotatable bonds is 5. The first kappa shape index (κ1) is 17.5. The zero-order valence-corrected chi connectivity index (χ0v) is 13.3. The van der Waals surface area contributed by atoms with E-state index in [-0.39, 0.29) is 29.2 Å². The number of nitrogens with zero attached hydrogens (tertiary/aromatic N) is 3. The summed E-state index contributed by atoms with van der Waals surface area (Å²) in [5.74, 6) is -1.96. The maximum Gasteiger partial charge on any atom is 0.312 e. The fourth-order valence-electron chi connectivity index (χ4n) is 2.46. The van der Waals surface area contributed by atoms with Crippen LogP contribution < -0.4 is 5.32 Å². The Balaban J connectivity index is 2.11. The number of nitrogens with one attached hydrogen (secondary N) is 1. The fourth-order valence-corrected chi connectivity index (χ4v) is 2.46. The van der Waals surface area contributed by atoms with Gasteiger partial charge in [-0.15, -0.1) is 0 Å². The van der Waals surface area contributed by atoms with Gasteiger partial charge in [0.15, 0.2) is 0 Å². The molecule has 9 heteroatoms. The summed E-state index contributed by atoms with van der Waals surface area (Å²) in [6.07, 6.45) is 0. The monoisotopic (exact) mass is 338 g/mol. The molecule has 0 fully saturated rings. The van der Waals surface area contributed by atoms with Gasteiger partial charge in [-0.05, 0) is 26.8 Å². The first-order chi connectivity index (χ1) is 11.2. The number of aryl methyl sites for hydroxylation is 1. The van der Waals surface area contributed by atoms with E-state index in [1.165, 1.54) is 24.6 Å². The fraction of sp³-hybridized carbons (Fsp3) is 0.333. The number of halogens is 2. The van der Waals surface area contributed by atoms with Crippen molar-refractivity contribution >= 4 is 11.6 Å². The molecule has 0 spiro atoms. The van der Waals surface area contributed by atoms with Crippen LogP contribution in [0, 0.1) is 35.6 Å². The van der Waals surface area contributed by atoms with E-state index in [1.807, 2.05) is 0 Å². The summed E-state index contributed by atoms with van der Waals surface area (Å²) in [7, 11) is 0. The molecule has 128 valence electrons. The second kappa shape index (κ2) is 6.73. The van der Waals surface area contributed by atoms with Crippen molar-refractivity contribution in [2.75, 3.05) is 0 Å². The Bertz CT molecular complexity index is 804. The minimum atomic E-state index is -0.760. The van der Waals surface area contributed by atoms with Crippen molar-refractivity contribution in [3.8, 4) is 0 Å². The van der Waals surface area contributed by atoms with E-state index in [0.717, 1.165) is 12.1 Å². The highest BCUT2D eigenvalue weighted by atomic mass is 19.1. The Morgan fingerprint density at radius 2 is 2.08 bits per heavy atom. The highest BCUT2D eigenvalue weighted by molar-refractivity contribution is 5.76. The normalized spacial score (nSPS) is 12.0. The van der Waals surface area contributed by atoms with Crippen molar-refractivity contribution in [2.24, 2.45) is 0 Å². The van der Waals surface area contributed by atoms with E-state index in [0.29, 0.717) is 0 Å². The predicted molar refractivity (Wildman–Crippen MR) is 81.3 cm³/mol. The molecule has 0 radical (unpaired) electrons. The van der Waals surface area contributed by atoms with Crippen LogP contribution in [0.2, 0.25) is 0 Å². The van der Waals surface area contributed by atoms with E-state index >= 15 is 0 Å². The molecule has 1 heterocycles. The minimum absolute atomic E-state index is 0.138. The average Bonchev–Trinajstić information content (AvgIpc) is 2.72. The summed E-state index contributed by atoms with van der Waals surface area (Å²) in [5, 5.41) is 17.5. The predicted octanol–water partition coefficient (Wildman–Crippen LogP) is 2.56. The Labute approximate surface area is 136 Å². The lowest BCUT2D eigenvalue weighted by atomic mass is 10.1. The smallest absolute Gasteiger partial charge is 0.312 e. The molecule has 0 saturated heterocycles. The summed E-state index contributed by atoms with van der Waals surface area (Å²) < 4.78 is 27.8. The van der Waals surface area contributed by atoms with Crippen LogP contribution in [0.4, 0.5) is 14.5 Å². The van der Waals surface area contributed by atoms with Gasteiger partial charge < -0.3 is 5.32 Å². The van der Waals surface area contributed by atoms with Gasteiger partial charge in [-0.2, -0.15) is 5.10 Å². The number of aromatic nitrogens is 2. The number of hydrogen-bond donors (Lipinski definition) is 1. The van der Waals surface area contributed by atoms with Crippen molar-refractivity contribution in [3.05, 3.63) is 56.9 Å². The van der Waals surface area contributed by atoms with Crippen LogP contribution in [-0.2, 0) is 11.3 Å². The standard InChI is InChI=1S/C15H16F2N4O3/c1-8(12-5-4-11(16)6-13(12)17)18-14(22)7-20-10(3)15(21(23)24)9(2)19-20/h4-6,8H,7H2,1-3H3,(H,18,22).